The highest BCUT2D eigenvalue weighted by Crippen LogP contribution is 2.16. The summed E-state index contributed by atoms with van der Waals surface area (Å²) in [5.74, 6) is 0.928. The highest BCUT2D eigenvalue weighted by Gasteiger charge is 2.17. The molecule has 2 heterocycles. The number of anilines is 1. The minimum Gasteiger partial charge on any atom is -0.355 e. The van der Waals surface area contributed by atoms with Gasteiger partial charge in [0.2, 0.25) is 0 Å². The molecule has 1 aromatic rings. The van der Waals surface area contributed by atoms with Gasteiger partial charge in [-0.05, 0) is 19.8 Å². The largest absolute Gasteiger partial charge is 0.355 e. The molecular formula is C12H19N5. The molecule has 1 aromatic heterocycles. The minimum absolute atomic E-state index is 0.335. The number of rotatable bonds is 2. The van der Waals surface area contributed by atoms with Crippen LogP contribution in [0.15, 0.2) is 17.4 Å². The summed E-state index contributed by atoms with van der Waals surface area (Å²) in [4.78, 5) is 15.2. The molecule has 2 rings (SSSR count). The van der Waals surface area contributed by atoms with E-state index in [0.29, 0.717) is 6.04 Å². The van der Waals surface area contributed by atoms with Gasteiger partial charge in [0.25, 0.3) is 0 Å². The van der Waals surface area contributed by atoms with Crippen LogP contribution >= 0.6 is 0 Å². The number of hydrogen-bond donors (Lipinski definition) is 1. The molecule has 0 spiro atoms. The van der Waals surface area contributed by atoms with Gasteiger partial charge in [-0.2, -0.15) is 0 Å². The molecule has 0 atom stereocenters. The lowest BCUT2D eigenvalue weighted by molar-refractivity contribution is 0.498. The molecule has 0 unspecified atom stereocenters. The van der Waals surface area contributed by atoms with Crippen molar-refractivity contribution in [3.63, 3.8) is 0 Å². The molecule has 92 valence electrons. The van der Waals surface area contributed by atoms with Crippen LogP contribution in [0.25, 0.3) is 0 Å². The maximum Gasteiger partial charge on any atom is 0.147 e. The normalized spacial score (nSPS) is 18.5. The fourth-order valence-corrected chi connectivity index (χ4v) is 1.93. The van der Waals surface area contributed by atoms with E-state index in [1.807, 2.05) is 13.1 Å². The maximum atomic E-state index is 5.89. The molecule has 0 aromatic carbocycles. The highest BCUT2D eigenvalue weighted by molar-refractivity contribution is 5.96. The zero-order valence-electron chi connectivity index (χ0n) is 10.4. The first-order valence-corrected chi connectivity index (χ1v) is 5.97. The second-order valence-corrected chi connectivity index (χ2v) is 4.40. The van der Waals surface area contributed by atoms with Gasteiger partial charge in [0.1, 0.15) is 11.5 Å². The van der Waals surface area contributed by atoms with Crippen LogP contribution in [0.1, 0.15) is 25.5 Å². The van der Waals surface area contributed by atoms with E-state index in [9.17, 15) is 0 Å². The number of aromatic nitrogens is 2. The van der Waals surface area contributed by atoms with Crippen molar-refractivity contribution in [3.05, 3.63) is 18.1 Å². The first kappa shape index (κ1) is 12.0. The van der Waals surface area contributed by atoms with Gasteiger partial charge in [-0.3, -0.25) is 9.98 Å². The fraction of sp³-hybridized carbons (Fsp3) is 0.583. The third kappa shape index (κ3) is 2.79. The third-order valence-corrected chi connectivity index (χ3v) is 3.19. The van der Waals surface area contributed by atoms with E-state index in [1.165, 1.54) is 0 Å². The van der Waals surface area contributed by atoms with E-state index in [0.717, 1.165) is 43.2 Å². The van der Waals surface area contributed by atoms with E-state index in [4.69, 9.17) is 5.73 Å². The Kier molecular flexibility index (Phi) is 3.68. The molecule has 5 heteroatoms. The minimum atomic E-state index is 0.335. The van der Waals surface area contributed by atoms with Gasteiger partial charge in [-0.1, -0.05) is 0 Å². The van der Waals surface area contributed by atoms with Crippen molar-refractivity contribution in [1.29, 1.82) is 0 Å². The third-order valence-electron chi connectivity index (χ3n) is 3.19. The molecule has 0 radical (unpaired) electrons. The van der Waals surface area contributed by atoms with Crippen LogP contribution in [0.5, 0.6) is 0 Å². The van der Waals surface area contributed by atoms with Crippen molar-refractivity contribution >= 4 is 11.5 Å². The van der Waals surface area contributed by atoms with Gasteiger partial charge in [0.15, 0.2) is 0 Å². The number of aliphatic imine (C=N–C) groups is 1. The van der Waals surface area contributed by atoms with Crippen LogP contribution in [-0.4, -0.2) is 41.9 Å². The van der Waals surface area contributed by atoms with Crippen molar-refractivity contribution in [1.82, 2.24) is 9.97 Å². The monoisotopic (exact) mass is 233 g/mol. The van der Waals surface area contributed by atoms with Crippen molar-refractivity contribution in [2.45, 2.75) is 25.8 Å². The summed E-state index contributed by atoms with van der Waals surface area (Å²) in [5, 5.41) is 0. The zero-order chi connectivity index (χ0) is 12.3. The van der Waals surface area contributed by atoms with Crippen molar-refractivity contribution in [2.75, 3.05) is 25.0 Å². The topological polar surface area (TPSA) is 67.4 Å². The summed E-state index contributed by atoms with van der Waals surface area (Å²) in [6, 6.07) is 0.335. The Hall–Kier alpha value is -1.49. The van der Waals surface area contributed by atoms with E-state index >= 15 is 0 Å². The molecule has 0 saturated carbocycles. The van der Waals surface area contributed by atoms with Gasteiger partial charge >= 0.3 is 0 Å². The second kappa shape index (κ2) is 5.23. The van der Waals surface area contributed by atoms with Crippen molar-refractivity contribution in [3.8, 4) is 0 Å². The second-order valence-electron chi connectivity index (χ2n) is 4.40. The molecular weight excluding hydrogens is 214 g/mol. The summed E-state index contributed by atoms with van der Waals surface area (Å²) in [6.45, 7) is 3.86. The lowest BCUT2D eigenvalue weighted by Gasteiger charge is -2.30. The van der Waals surface area contributed by atoms with Gasteiger partial charge in [-0.15, -0.1) is 0 Å². The number of hydrogen-bond acceptors (Lipinski definition) is 5. The number of nitrogens with two attached hydrogens (primary N) is 1. The lowest BCUT2D eigenvalue weighted by Crippen LogP contribution is -2.40. The number of nitrogens with zero attached hydrogens (tertiary/aromatic N) is 4. The van der Waals surface area contributed by atoms with Crippen LogP contribution in [0.4, 0.5) is 5.82 Å². The Morgan fingerprint density at radius 1 is 1.41 bits per heavy atom. The average Bonchev–Trinajstić information content (AvgIpc) is 2.39. The van der Waals surface area contributed by atoms with E-state index in [1.54, 1.807) is 13.2 Å². The van der Waals surface area contributed by atoms with Crippen LogP contribution in [0.3, 0.4) is 0 Å². The summed E-state index contributed by atoms with van der Waals surface area (Å²) < 4.78 is 0. The van der Waals surface area contributed by atoms with E-state index in [2.05, 4.69) is 19.9 Å². The lowest BCUT2D eigenvalue weighted by atomic mass is 10.1. The van der Waals surface area contributed by atoms with Gasteiger partial charge < -0.3 is 10.6 Å². The summed E-state index contributed by atoms with van der Waals surface area (Å²) in [7, 11) is 1.77. The summed E-state index contributed by atoms with van der Waals surface area (Å²) >= 11 is 0. The Morgan fingerprint density at radius 2 is 2.12 bits per heavy atom. The standard InChI is InChI=1S/C12H19N5/c1-9(14-2)11-7-15-8-12(16-11)17-5-3-10(13)4-6-17/h7-8,10H,3-6,13H2,1-2H3. The SMILES string of the molecule is CN=C(C)c1cncc(N2CCC(N)CC2)n1. The molecule has 17 heavy (non-hydrogen) atoms. The van der Waals surface area contributed by atoms with Crippen LogP contribution < -0.4 is 10.6 Å². The van der Waals surface area contributed by atoms with Crippen LogP contribution in [-0.2, 0) is 0 Å². The molecule has 1 saturated heterocycles. The first-order chi connectivity index (χ1) is 8.20. The number of piperidine rings is 1. The maximum absolute atomic E-state index is 5.89. The predicted octanol–water partition coefficient (Wildman–Crippen LogP) is 0.843. The molecule has 1 aliphatic heterocycles. The predicted molar refractivity (Wildman–Crippen MR) is 69.6 cm³/mol. The molecule has 0 aliphatic carbocycles. The molecule has 0 bridgehead atoms. The molecule has 5 nitrogen and oxygen atoms in total. The Balaban J connectivity index is 2.16. The van der Waals surface area contributed by atoms with Crippen molar-refractivity contribution < 1.29 is 0 Å². The fourth-order valence-electron chi connectivity index (χ4n) is 1.93. The van der Waals surface area contributed by atoms with Gasteiger partial charge in [-0.25, -0.2) is 4.98 Å². The van der Waals surface area contributed by atoms with E-state index in [-0.39, 0.29) is 0 Å². The summed E-state index contributed by atoms with van der Waals surface area (Å²) in [6.07, 6.45) is 5.60. The quantitative estimate of drug-likeness (QED) is 0.769. The molecule has 1 fully saturated rings. The summed E-state index contributed by atoms with van der Waals surface area (Å²) in [5.41, 5.74) is 7.65. The Labute approximate surface area is 102 Å². The Bertz CT molecular complexity index is 407. The zero-order valence-corrected chi connectivity index (χ0v) is 10.4. The van der Waals surface area contributed by atoms with Crippen molar-refractivity contribution in [2.24, 2.45) is 10.7 Å². The van der Waals surface area contributed by atoms with Gasteiger partial charge in [0.05, 0.1) is 18.1 Å². The van der Waals surface area contributed by atoms with Gasteiger partial charge in [0, 0.05) is 26.2 Å². The average molecular weight is 233 g/mol. The highest BCUT2D eigenvalue weighted by atomic mass is 15.2. The molecule has 1 aliphatic rings. The molecule has 0 amide bonds. The Morgan fingerprint density at radius 3 is 2.76 bits per heavy atom. The molecule has 2 N–H and O–H groups in total. The smallest absolute Gasteiger partial charge is 0.147 e. The van der Waals surface area contributed by atoms with E-state index < -0.39 is 0 Å². The first-order valence-electron chi connectivity index (χ1n) is 5.97. The van der Waals surface area contributed by atoms with Crippen LogP contribution in [0, 0.1) is 0 Å². The van der Waals surface area contributed by atoms with Crippen LogP contribution in [0.2, 0.25) is 0 Å².